The molecular formula is C22H22FN5O. The van der Waals surface area contributed by atoms with Gasteiger partial charge in [0.1, 0.15) is 11.9 Å². The molecule has 1 saturated heterocycles. The highest BCUT2D eigenvalue weighted by molar-refractivity contribution is 5.79. The molecule has 2 heterocycles. The molecule has 3 aliphatic rings. The van der Waals surface area contributed by atoms with Gasteiger partial charge in [0, 0.05) is 18.5 Å². The third kappa shape index (κ3) is 3.55. The van der Waals surface area contributed by atoms with Crippen molar-refractivity contribution in [3.8, 4) is 6.07 Å². The van der Waals surface area contributed by atoms with Crippen LogP contribution in [0.15, 0.2) is 30.3 Å². The minimum absolute atomic E-state index is 0.0445. The lowest BCUT2D eigenvalue weighted by Gasteiger charge is -2.18. The lowest BCUT2D eigenvalue weighted by atomic mass is 10.00. The third-order valence-electron chi connectivity index (χ3n) is 6.41. The molecule has 1 aliphatic heterocycles. The molecule has 1 aromatic carbocycles. The summed E-state index contributed by atoms with van der Waals surface area (Å²) < 4.78 is 14.3. The normalized spacial score (nSPS) is 21.8. The molecule has 1 aromatic heterocycles. The number of halogens is 1. The quantitative estimate of drug-likeness (QED) is 0.847. The standard InChI is InChI=1S/C22H22FN5O/c23-18-9-14(1-5-17(18)15-2-3-15)10-21(29)25-19-12-28(13-22(19)7-8-22)20-6-4-16(11-24)26-27-20/h1,4-6,9,15,19H,2-3,7-8,10,12-13H2,(H,25,29)/t19-/m1/s1. The molecule has 29 heavy (non-hydrogen) atoms. The van der Waals surface area contributed by atoms with Gasteiger partial charge >= 0.3 is 0 Å². The van der Waals surface area contributed by atoms with Crippen LogP contribution in [-0.2, 0) is 11.2 Å². The molecular weight excluding hydrogens is 369 g/mol. The fourth-order valence-corrected chi connectivity index (χ4v) is 4.40. The summed E-state index contributed by atoms with van der Waals surface area (Å²) in [6.07, 6.45) is 4.44. The van der Waals surface area contributed by atoms with E-state index in [0.29, 0.717) is 23.7 Å². The first-order valence-corrected chi connectivity index (χ1v) is 10.1. The highest BCUT2D eigenvalue weighted by Crippen LogP contribution is 2.53. The fraction of sp³-hybridized carbons (Fsp3) is 0.455. The molecule has 7 heteroatoms. The Morgan fingerprint density at radius 2 is 2.10 bits per heavy atom. The first-order valence-electron chi connectivity index (χ1n) is 10.1. The number of carbonyl (C=O) groups is 1. The SMILES string of the molecule is N#Cc1ccc(N2C[C@@H](NC(=O)Cc3ccc(C4CC4)c(F)c3)C3(CC3)C2)nn1. The summed E-state index contributed by atoms with van der Waals surface area (Å²) in [6, 6.07) is 10.7. The van der Waals surface area contributed by atoms with Gasteiger partial charge in [-0.25, -0.2) is 4.39 Å². The van der Waals surface area contributed by atoms with E-state index in [9.17, 15) is 9.18 Å². The maximum atomic E-state index is 14.3. The summed E-state index contributed by atoms with van der Waals surface area (Å²) in [5, 5.41) is 20.1. The van der Waals surface area contributed by atoms with E-state index in [1.165, 1.54) is 6.07 Å². The van der Waals surface area contributed by atoms with Gasteiger partial charge in [-0.2, -0.15) is 5.26 Å². The van der Waals surface area contributed by atoms with E-state index in [-0.39, 0.29) is 29.6 Å². The van der Waals surface area contributed by atoms with Crippen LogP contribution in [0.2, 0.25) is 0 Å². The second-order valence-corrected chi connectivity index (χ2v) is 8.56. The number of anilines is 1. The number of nitrogens with zero attached hydrogens (tertiary/aromatic N) is 4. The van der Waals surface area contributed by atoms with Gasteiger partial charge in [0.05, 0.1) is 12.5 Å². The highest BCUT2D eigenvalue weighted by Gasteiger charge is 2.55. The third-order valence-corrected chi connectivity index (χ3v) is 6.41. The van der Waals surface area contributed by atoms with Crippen molar-refractivity contribution in [2.45, 2.75) is 44.1 Å². The van der Waals surface area contributed by atoms with Crippen molar-refractivity contribution in [2.24, 2.45) is 5.41 Å². The molecule has 2 saturated carbocycles. The molecule has 0 bridgehead atoms. The zero-order chi connectivity index (χ0) is 20.0. The first kappa shape index (κ1) is 18.0. The first-order chi connectivity index (χ1) is 14.1. The average Bonchev–Trinajstić information content (AvgIpc) is 3.62. The molecule has 5 rings (SSSR count). The van der Waals surface area contributed by atoms with Crippen molar-refractivity contribution >= 4 is 11.7 Å². The van der Waals surface area contributed by atoms with E-state index in [4.69, 9.17) is 5.26 Å². The largest absolute Gasteiger partial charge is 0.352 e. The van der Waals surface area contributed by atoms with Crippen molar-refractivity contribution in [2.75, 3.05) is 18.0 Å². The summed E-state index contributed by atoms with van der Waals surface area (Å²) in [7, 11) is 0. The van der Waals surface area contributed by atoms with Crippen LogP contribution in [-0.4, -0.2) is 35.2 Å². The molecule has 2 aromatic rings. The molecule has 148 valence electrons. The Balaban J connectivity index is 1.23. The molecule has 0 radical (unpaired) electrons. The van der Waals surface area contributed by atoms with E-state index in [1.807, 2.05) is 18.2 Å². The Morgan fingerprint density at radius 3 is 2.72 bits per heavy atom. The van der Waals surface area contributed by atoms with Crippen LogP contribution in [0.1, 0.15) is 48.4 Å². The zero-order valence-electron chi connectivity index (χ0n) is 16.1. The average molecular weight is 391 g/mol. The number of aromatic nitrogens is 2. The van der Waals surface area contributed by atoms with Crippen LogP contribution in [0.5, 0.6) is 0 Å². The van der Waals surface area contributed by atoms with Gasteiger partial charge < -0.3 is 10.2 Å². The predicted molar refractivity (Wildman–Crippen MR) is 105 cm³/mol. The minimum Gasteiger partial charge on any atom is -0.352 e. The summed E-state index contributed by atoms with van der Waals surface area (Å²) >= 11 is 0. The maximum absolute atomic E-state index is 14.3. The molecule has 1 atom stereocenters. The Hall–Kier alpha value is -3.01. The lowest BCUT2D eigenvalue weighted by molar-refractivity contribution is -0.121. The molecule has 3 fully saturated rings. The Labute approximate surface area is 168 Å². The van der Waals surface area contributed by atoms with Crippen LogP contribution in [0.3, 0.4) is 0 Å². The molecule has 1 amide bonds. The lowest BCUT2D eigenvalue weighted by Crippen LogP contribution is -2.42. The van der Waals surface area contributed by atoms with E-state index < -0.39 is 0 Å². The van der Waals surface area contributed by atoms with Crippen molar-refractivity contribution < 1.29 is 9.18 Å². The summed E-state index contributed by atoms with van der Waals surface area (Å²) in [5.74, 6) is 0.822. The monoisotopic (exact) mass is 391 g/mol. The number of hydrogen-bond donors (Lipinski definition) is 1. The van der Waals surface area contributed by atoms with E-state index in [0.717, 1.165) is 43.6 Å². The predicted octanol–water partition coefficient (Wildman–Crippen LogP) is 2.69. The van der Waals surface area contributed by atoms with E-state index >= 15 is 0 Å². The van der Waals surface area contributed by atoms with Gasteiger partial charge in [0.15, 0.2) is 11.5 Å². The summed E-state index contributed by atoms with van der Waals surface area (Å²) in [4.78, 5) is 14.8. The number of nitrogens with one attached hydrogen (secondary N) is 1. The van der Waals surface area contributed by atoms with Gasteiger partial charge in [0.2, 0.25) is 5.91 Å². The van der Waals surface area contributed by atoms with E-state index in [1.54, 1.807) is 12.1 Å². The highest BCUT2D eigenvalue weighted by atomic mass is 19.1. The summed E-state index contributed by atoms with van der Waals surface area (Å²) in [5.41, 5.74) is 1.87. The van der Waals surface area contributed by atoms with E-state index in [2.05, 4.69) is 20.4 Å². The van der Waals surface area contributed by atoms with Gasteiger partial charge in [0.25, 0.3) is 0 Å². The van der Waals surface area contributed by atoms with Crippen molar-refractivity contribution in [3.05, 3.63) is 53.0 Å². The fourth-order valence-electron chi connectivity index (χ4n) is 4.40. The number of benzene rings is 1. The Bertz CT molecular complexity index is 991. The zero-order valence-corrected chi connectivity index (χ0v) is 16.1. The molecule has 6 nitrogen and oxygen atoms in total. The molecule has 1 spiro atoms. The van der Waals surface area contributed by atoms with Crippen molar-refractivity contribution in [1.82, 2.24) is 15.5 Å². The van der Waals surface area contributed by atoms with Gasteiger partial charge in [-0.05, 0) is 60.9 Å². The smallest absolute Gasteiger partial charge is 0.224 e. The topological polar surface area (TPSA) is 81.9 Å². The Morgan fingerprint density at radius 1 is 1.28 bits per heavy atom. The van der Waals surface area contributed by atoms with Crippen molar-refractivity contribution in [1.29, 1.82) is 5.26 Å². The van der Waals surface area contributed by atoms with Crippen LogP contribution in [0, 0.1) is 22.6 Å². The maximum Gasteiger partial charge on any atom is 0.224 e. The number of amides is 1. The van der Waals surface area contributed by atoms with Crippen molar-refractivity contribution in [3.63, 3.8) is 0 Å². The van der Waals surface area contributed by atoms with Crippen LogP contribution >= 0.6 is 0 Å². The number of hydrogen-bond acceptors (Lipinski definition) is 5. The van der Waals surface area contributed by atoms with Gasteiger partial charge in [-0.15, -0.1) is 10.2 Å². The number of nitriles is 1. The van der Waals surface area contributed by atoms with Crippen LogP contribution < -0.4 is 10.2 Å². The Kier molecular flexibility index (Phi) is 4.23. The van der Waals surface area contributed by atoms with Gasteiger partial charge in [-0.3, -0.25) is 4.79 Å². The second-order valence-electron chi connectivity index (χ2n) is 8.56. The minimum atomic E-state index is -0.192. The number of carbonyl (C=O) groups excluding carboxylic acids is 1. The molecule has 2 aliphatic carbocycles. The molecule has 0 unspecified atom stereocenters. The second kappa shape index (κ2) is 6.80. The number of rotatable bonds is 5. The van der Waals surface area contributed by atoms with Crippen LogP contribution in [0.4, 0.5) is 10.2 Å². The van der Waals surface area contributed by atoms with Crippen LogP contribution in [0.25, 0.3) is 0 Å². The molecule has 1 N–H and O–H groups in total. The van der Waals surface area contributed by atoms with Gasteiger partial charge in [-0.1, -0.05) is 12.1 Å². The summed E-state index contributed by atoms with van der Waals surface area (Å²) in [6.45, 7) is 1.49.